The molecule has 0 aliphatic carbocycles. The van der Waals surface area contributed by atoms with E-state index < -0.39 is 0 Å². The van der Waals surface area contributed by atoms with Crippen molar-refractivity contribution in [1.82, 2.24) is 24.4 Å². The summed E-state index contributed by atoms with van der Waals surface area (Å²) in [6.07, 6.45) is 0. The van der Waals surface area contributed by atoms with Gasteiger partial charge in [0.15, 0.2) is 6.61 Å². The molecule has 1 aliphatic rings. The smallest absolute Gasteiger partial charge is 0.275 e. The number of fused-ring (bicyclic) bond motifs is 1. The lowest BCUT2D eigenvalue weighted by molar-refractivity contribution is -0.135. The first-order valence-corrected chi connectivity index (χ1v) is 12.6. The summed E-state index contributed by atoms with van der Waals surface area (Å²) in [4.78, 5) is 34.4. The van der Waals surface area contributed by atoms with Crippen LogP contribution in [0.4, 0.5) is 0 Å². The first kappa shape index (κ1) is 24.2. The van der Waals surface area contributed by atoms with Gasteiger partial charge in [0.05, 0.1) is 12.8 Å². The van der Waals surface area contributed by atoms with Gasteiger partial charge in [-0.3, -0.25) is 14.5 Å². The molecule has 1 fully saturated rings. The van der Waals surface area contributed by atoms with Crippen LogP contribution >= 0.6 is 22.9 Å². The van der Waals surface area contributed by atoms with E-state index in [9.17, 15) is 9.59 Å². The Morgan fingerprint density at radius 3 is 2.42 bits per heavy atom. The average Bonchev–Trinajstić information content (AvgIpc) is 3.33. The van der Waals surface area contributed by atoms with E-state index in [1.165, 1.54) is 21.9 Å². The van der Waals surface area contributed by atoms with Crippen molar-refractivity contribution in [3.8, 4) is 22.1 Å². The van der Waals surface area contributed by atoms with Crippen molar-refractivity contribution in [2.45, 2.75) is 6.54 Å². The van der Waals surface area contributed by atoms with Crippen molar-refractivity contribution in [2.24, 2.45) is 0 Å². The number of hydrogen-bond acceptors (Lipinski definition) is 8. The molecule has 1 amide bonds. The molecule has 3 heterocycles. The highest BCUT2D eigenvalue weighted by molar-refractivity contribution is 7.19. The van der Waals surface area contributed by atoms with Crippen LogP contribution in [0.25, 0.3) is 15.5 Å². The summed E-state index contributed by atoms with van der Waals surface area (Å²) in [6, 6.07) is 16.0. The van der Waals surface area contributed by atoms with Crippen LogP contribution < -0.4 is 15.0 Å². The topological polar surface area (TPSA) is 89.3 Å². The summed E-state index contributed by atoms with van der Waals surface area (Å²) in [6.45, 7) is 3.07. The number of carbonyl (C=O) groups excluding carboxylic acids is 1. The lowest BCUT2D eigenvalue weighted by Gasteiger charge is -2.34. The van der Waals surface area contributed by atoms with Gasteiger partial charge in [-0.2, -0.15) is 9.61 Å². The highest BCUT2D eigenvalue weighted by atomic mass is 35.5. The van der Waals surface area contributed by atoms with E-state index in [0.29, 0.717) is 59.2 Å². The highest BCUT2D eigenvalue weighted by Crippen LogP contribution is 2.26. The van der Waals surface area contributed by atoms with E-state index in [2.05, 4.69) is 15.0 Å². The third-order valence-electron chi connectivity index (χ3n) is 5.92. The summed E-state index contributed by atoms with van der Waals surface area (Å²) in [7, 11) is 1.62. The average molecular weight is 526 g/mol. The standard InChI is InChI=1S/C25H24ClN5O4S/c1-34-20-6-2-17(3-7-20)24-28-31-22(32)14-19(27-25(31)36-24)15-29-10-12-30(13-11-29)23(33)16-35-21-8-4-18(26)5-9-21/h2-9,14H,10-13,15-16H2,1H3. The van der Waals surface area contributed by atoms with E-state index in [0.717, 1.165) is 11.3 Å². The molecular weight excluding hydrogens is 502 g/mol. The van der Waals surface area contributed by atoms with Crippen molar-refractivity contribution < 1.29 is 14.3 Å². The largest absolute Gasteiger partial charge is 0.497 e. The Morgan fingerprint density at radius 1 is 1.03 bits per heavy atom. The van der Waals surface area contributed by atoms with Gasteiger partial charge in [-0.05, 0) is 48.5 Å². The van der Waals surface area contributed by atoms with Crippen LogP contribution in [0.15, 0.2) is 59.4 Å². The molecule has 1 saturated heterocycles. The number of ether oxygens (including phenoxy) is 2. The van der Waals surface area contributed by atoms with E-state index >= 15 is 0 Å². The molecule has 186 valence electrons. The Labute approximate surface area is 216 Å². The second-order valence-corrected chi connectivity index (χ2v) is 9.71. The van der Waals surface area contributed by atoms with Crippen LogP contribution in [0.2, 0.25) is 5.02 Å². The van der Waals surface area contributed by atoms with Gasteiger partial charge in [-0.25, -0.2) is 4.98 Å². The normalized spacial score (nSPS) is 14.2. The second-order valence-electron chi connectivity index (χ2n) is 8.32. The summed E-state index contributed by atoms with van der Waals surface area (Å²) >= 11 is 7.25. The number of benzene rings is 2. The minimum absolute atomic E-state index is 0.0154. The summed E-state index contributed by atoms with van der Waals surface area (Å²) in [5.41, 5.74) is 1.38. The highest BCUT2D eigenvalue weighted by Gasteiger charge is 2.22. The monoisotopic (exact) mass is 525 g/mol. The zero-order chi connectivity index (χ0) is 25.1. The Morgan fingerprint density at radius 2 is 1.72 bits per heavy atom. The Balaban J connectivity index is 1.18. The molecule has 2 aromatic heterocycles. The van der Waals surface area contributed by atoms with Gasteiger partial charge < -0.3 is 14.4 Å². The quantitative estimate of drug-likeness (QED) is 0.366. The number of piperazine rings is 1. The maximum Gasteiger partial charge on any atom is 0.275 e. The number of aromatic nitrogens is 3. The van der Waals surface area contributed by atoms with Gasteiger partial charge in [0.2, 0.25) is 4.96 Å². The molecule has 0 atom stereocenters. The number of carbonyl (C=O) groups is 1. The molecule has 4 aromatic rings. The number of nitrogens with zero attached hydrogens (tertiary/aromatic N) is 5. The molecule has 9 nitrogen and oxygen atoms in total. The Kier molecular flexibility index (Phi) is 7.17. The number of methoxy groups -OCH3 is 1. The number of halogens is 1. The summed E-state index contributed by atoms with van der Waals surface area (Å²) < 4.78 is 12.1. The zero-order valence-corrected chi connectivity index (χ0v) is 21.2. The third-order valence-corrected chi connectivity index (χ3v) is 7.13. The summed E-state index contributed by atoms with van der Waals surface area (Å²) in [5, 5.41) is 5.78. The lowest BCUT2D eigenvalue weighted by atomic mass is 10.2. The first-order valence-electron chi connectivity index (χ1n) is 11.4. The minimum atomic E-state index is -0.209. The van der Waals surface area contributed by atoms with Gasteiger partial charge in [-0.1, -0.05) is 22.9 Å². The van der Waals surface area contributed by atoms with Crippen molar-refractivity contribution >= 4 is 33.8 Å². The fourth-order valence-corrected chi connectivity index (χ4v) is 4.99. The van der Waals surface area contributed by atoms with Gasteiger partial charge in [0.25, 0.3) is 11.5 Å². The van der Waals surface area contributed by atoms with Gasteiger partial charge in [0, 0.05) is 49.4 Å². The van der Waals surface area contributed by atoms with Crippen molar-refractivity contribution in [3.63, 3.8) is 0 Å². The van der Waals surface area contributed by atoms with Gasteiger partial charge in [0.1, 0.15) is 16.5 Å². The van der Waals surface area contributed by atoms with Crippen LogP contribution in [-0.4, -0.2) is 70.2 Å². The predicted molar refractivity (Wildman–Crippen MR) is 138 cm³/mol. The zero-order valence-electron chi connectivity index (χ0n) is 19.6. The molecule has 0 radical (unpaired) electrons. The molecule has 36 heavy (non-hydrogen) atoms. The van der Waals surface area contributed by atoms with Gasteiger partial charge in [-0.15, -0.1) is 0 Å². The fraction of sp³-hybridized carbons (Fsp3) is 0.280. The molecule has 0 unspecified atom stereocenters. The maximum atomic E-state index is 12.7. The van der Waals surface area contributed by atoms with Crippen LogP contribution in [0, 0.1) is 0 Å². The second kappa shape index (κ2) is 10.7. The fourth-order valence-electron chi connectivity index (χ4n) is 3.94. The third kappa shape index (κ3) is 5.51. The molecule has 5 rings (SSSR count). The molecule has 1 aliphatic heterocycles. The molecule has 11 heteroatoms. The Hall–Kier alpha value is -3.47. The van der Waals surface area contributed by atoms with Crippen molar-refractivity contribution in [2.75, 3.05) is 39.9 Å². The number of rotatable bonds is 7. The van der Waals surface area contributed by atoms with Crippen molar-refractivity contribution in [3.05, 3.63) is 75.7 Å². The lowest BCUT2D eigenvalue weighted by Crippen LogP contribution is -2.49. The van der Waals surface area contributed by atoms with Crippen LogP contribution in [0.1, 0.15) is 5.69 Å². The SMILES string of the molecule is COc1ccc(-c2nn3c(=O)cc(CN4CCN(C(=O)COc5ccc(Cl)cc5)CC4)nc3s2)cc1. The molecular formula is C25H24ClN5O4S. The van der Waals surface area contributed by atoms with Gasteiger partial charge >= 0.3 is 0 Å². The Bertz CT molecular complexity index is 1410. The number of hydrogen-bond donors (Lipinski definition) is 0. The maximum absolute atomic E-state index is 12.7. The molecule has 0 bridgehead atoms. The van der Waals surface area contributed by atoms with E-state index in [4.69, 9.17) is 21.1 Å². The molecule has 0 spiro atoms. The molecule has 0 N–H and O–H groups in total. The van der Waals surface area contributed by atoms with Crippen LogP contribution in [0.5, 0.6) is 11.5 Å². The molecule has 0 saturated carbocycles. The molecule has 2 aromatic carbocycles. The first-order chi connectivity index (χ1) is 17.5. The number of amides is 1. The van der Waals surface area contributed by atoms with E-state index in [-0.39, 0.29) is 18.1 Å². The van der Waals surface area contributed by atoms with E-state index in [1.54, 1.807) is 36.3 Å². The predicted octanol–water partition coefficient (Wildman–Crippen LogP) is 3.20. The van der Waals surface area contributed by atoms with Crippen molar-refractivity contribution in [1.29, 1.82) is 0 Å². The minimum Gasteiger partial charge on any atom is -0.497 e. The summed E-state index contributed by atoms with van der Waals surface area (Å²) in [5.74, 6) is 1.31. The van der Waals surface area contributed by atoms with E-state index in [1.807, 2.05) is 24.3 Å². The van der Waals surface area contributed by atoms with Crippen LogP contribution in [0.3, 0.4) is 0 Å². The van der Waals surface area contributed by atoms with Crippen LogP contribution in [-0.2, 0) is 11.3 Å².